The normalized spacial score (nSPS) is 17.6. The van der Waals surface area contributed by atoms with E-state index in [1.54, 1.807) is 0 Å². The quantitative estimate of drug-likeness (QED) is 0.684. The molecule has 24 heavy (non-hydrogen) atoms. The summed E-state index contributed by atoms with van der Waals surface area (Å²) >= 11 is 0. The summed E-state index contributed by atoms with van der Waals surface area (Å²) in [7, 11) is 2.02. The van der Waals surface area contributed by atoms with Crippen LogP contribution >= 0.6 is 0 Å². The minimum atomic E-state index is 0.142. The van der Waals surface area contributed by atoms with Crippen LogP contribution in [0.1, 0.15) is 40.4 Å². The van der Waals surface area contributed by atoms with Gasteiger partial charge < -0.3 is 9.47 Å². The first kappa shape index (κ1) is 15.0. The number of carbonyl (C=O) groups excluding carboxylic acids is 1. The number of carbonyl (C=O) groups is 1. The molecule has 0 saturated carbocycles. The lowest BCUT2D eigenvalue weighted by molar-refractivity contribution is 0.0735. The Hall–Kier alpha value is -2.55. The van der Waals surface area contributed by atoms with Gasteiger partial charge in [0.1, 0.15) is 0 Å². The second-order valence-electron chi connectivity index (χ2n) is 6.71. The number of fused-ring (bicyclic) bond motifs is 1. The van der Waals surface area contributed by atoms with Crippen LogP contribution in [0, 0.1) is 6.92 Å². The van der Waals surface area contributed by atoms with E-state index in [9.17, 15) is 4.79 Å². The topological polar surface area (TPSA) is 25.2 Å². The summed E-state index contributed by atoms with van der Waals surface area (Å²) in [5.74, 6) is 0.142. The number of benzene rings is 2. The van der Waals surface area contributed by atoms with E-state index in [0.29, 0.717) is 0 Å². The zero-order valence-corrected chi connectivity index (χ0v) is 14.2. The Balaban J connectivity index is 1.69. The molecule has 0 N–H and O–H groups in total. The van der Waals surface area contributed by atoms with Gasteiger partial charge in [-0.3, -0.25) is 4.79 Å². The predicted molar refractivity (Wildman–Crippen MR) is 97.1 cm³/mol. The van der Waals surface area contributed by atoms with Gasteiger partial charge in [0, 0.05) is 30.9 Å². The maximum atomic E-state index is 13.1. The van der Waals surface area contributed by atoms with Crippen LogP contribution in [0.25, 0.3) is 10.9 Å². The SMILES string of the molecule is Cc1ccccc1[C@@H]1CCCN1C(=O)c1ccc2ccn(C)c2c1. The lowest BCUT2D eigenvalue weighted by Gasteiger charge is -2.26. The fourth-order valence-corrected chi connectivity index (χ4v) is 3.86. The van der Waals surface area contributed by atoms with Crippen molar-refractivity contribution in [1.29, 1.82) is 0 Å². The molecule has 1 saturated heterocycles. The standard InChI is InChI=1S/C21H22N2O/c1-15-6-3-4-7-18(15)19-8-5-12-23(19)21(24)17-10-9-16-11-13-22(2)20(16)14-17/h3-4,6-7,9-11,13-14,19H,5,8,12H2,1-2H3/t19-/m0/s1. The van der Waals surface area contributed by atoms with E-state index >= 15 is 0 Å². The van der Waals surface area contributed by atoms with Crippen molar-refractivity contribution in [3.05, 3.63) is 71.4 Å². The maximum Gasteiger partial charge on any atom is 0.254 e. The monoisotopic (exact) mass is 318 g/mol. The fourth-order valence-electron chi connectivity index (χ4n) is 3.86. The molecule has 3 nitrogen and oxygen atoms in total. The molecule has 2 aromatic carbocycles. The van der Waals surface area contributed by atoms with Gasteiger partial charge in [0.2, 0.25) is 0 Å². The average Bonchev–Trinajstić information content (AvgIpc) is 3.22. The predicted octanol–water partition coefficient (Wildman–Crippen LogP) is 4.46. The highest BCUT2D eigenvalue weighted by Gasteiger charge is 2.31. The van der Waals surface area contributed by atoms with Gasteiger partial charge in [-0.15, -0.1) is 0 Å². The van der Waals surface area contributed by atoms with Crippen molar-refractivity contribution in [2.24, 2.45) is 7.05 Å². The molecule has 0 spiro atoms. The van der Waals surface area contributed by atoms with E-state index in [4.69, 9.17) is 0 Å². The molecule has 4 rings (SSSR count). The first-order chi connectivity index (χ1) is 11.6. The number of aryl methyl sites for hydroxylation is 2. The van der Waals surface area contributed by atoms with Crippen LogP contribution in [-0.2, 0) is 7.05 Å². The molecule has 3 heteroatoms. The summed E-state index contributed by atoms with van der Waals surface area (Å²) in [6, 6.07) is 16.7. The van der Waals surface area contributed by atoms with Crippen molar-refractivity contribution < 1.29 is 4.79 Å². The van der Waals surface area contributed by atoms with E-state index in [1.165, 1.54) is 16.5 Å². The zero-order chi connectivity index (χ0) is 16.7. The van der Waals surface area contributed by atoms with Gasteiger partial charge >= 0.3 is 0 Å². The minimum absolute atomic E-state index is 0.142. The molecule has 1 fully saturated rings. The van der Waals surface area contributed by atoms with Crippen molar-refractivity contribution in [3.63, 3.8) is 0 Å². The van der Waals surface area contributed by atoms with Crippen molar-refractivity contribution >= 4 is 16.8 Å². The highest BCUT2D eigenvalue weighted by Crippen LogP contribution is 2.35. The van der Waals surface area contributed by atoms with Gasteiger partial charge in [-0.1, -0.05) is 30.3 Å². The summed E-state index contributed by atoms with van der Waals surface area (Å²) in [6.45, 7) is 2.97. The maximum absolute atomic E-state index is 13.1. The van der Waals surface area contributed by atoms with E-state index in [1.807, 2.05) is 36.3 Å². The van der Waals surface area contributed by atoms with Gasteiger partial charge in [-0.05, 0) is 54.5 Å². The Bertz CT molecular complexity index is 909. The van der Waals surface area contributed by atoms with Crippen LogP contribution in [-0.4, -0.2) is 21.9 Å². The van der Waals surface area contributed by atoms with Gasteiger partial charge in [0.25, 0.3) is 5.91 Å². The number of hydrogen-bond donors (Lipinski definition) is 0. The summed E-state index contributed by atoms with van der Waals surface area (Å²) in [5.41, 5.74) is 4.43. The number of aromatic nitrogens is 1. The fraction of sp³-hybridized carbons (Fsp3) is 0.286. The summed E-state index contributed by atoms with van der Waals surface area (Å²) in [6.07, 6.45) is 4.14. The van der Waals surface area contributed by atoms with Crippen LogP contribution in [0.3, 0.4) is 0 Å². The third kappa shape index (κ3) is 2.41. The molecule has 122 valence electrons. The molecule has 1 aromatic heterocycles. The molecule has 0 aliphatic carbocycles. The number of rotatable bonds is 2. The van der Waals surface area contributed by atoms with E-state index in [2.05, 4.69) is 41.8 Å². The lowest BCUT2D eigenvalue weighted by Crippen LogP contribution is -2.30. The van der Waals surface area contributed by atoms with Crippen LogP contribution in [0.15, 0.2) is 54.7 Å². The molecule has 1 amide bonds. The van der Waals surface area contributed by atoms with Crippen molar-refractivity contribution in [1.82, 2.24) is 9.47 Å². The largest absolute Gasteiger partial charge is 0.351 e. The van der Waals surface area contributed by atoms with Gasteiger partial charge in [-0.25, -0.2) is 0 Å². The summed E-state index contributed by atoms with van der Waals surface area (Å²) in [4.78, 5) is 15.2. The first-order valence-electron chi connectivity index (χ1n) is 8.57. The zero-order valence-electron chi connectivity index (χ0n) is 14.2. The highest BCUT2D eigenvalue weighted by atomic mass is 16.2. The molecule has 0 bridgehead atoms. The molecule has 0 radical (unpaired) electrons. The summed E-state index contributed by atoms with van der Waals surface area (Å²) in [5, 5.41) is 1.17. The minimum Gasteiger partial charge on any atom is -0.351 e. The van der Waals surface area contributed by atoms with Gasteiger partial charge in [-0.2, -0.15) is 0 Å². The van der Waals surface area contributed by atoms with Crippen LogP contribution in [0.4, 0.5) is 0 Å². The molecular weight excluding hydrogens is 296 g/mol. The molecule has 3 aromatic rings. The van der Waals surface area contributed by atoms with E-state index in [-0.39, 0.29) is 11.9 Å². The van der Waals surface area contributed by atoms with Crippen molar-refractivity contribution in [3.8, 4) is 0 Å². The highest BCUT2D eigenvalue weighted by molar-refractivity contribution is 5.98. The molecule has 0 unspecified atom stereocenters. The molecule has 1 aliphatic rings. The second kappa shape index (κ2) is 5.82. The van der Waals surface area contributed by atoms with Crippen LogP contribution < -0.4 is 0 Å². The molecule has 1 aliphatic heterocycles. The molecule has 2 heterocycles. The van der Waals surface area contributed by atoms with Gasteiger partial charge in [0.05, 0.1) is 6.04 Å². The Labute approximate surface area is 142 Å². The lowest BCUT2D eigenvalue weighted by atomic mass is 9.99. The Morgan fingerprint density at radius 2 is 1.96 bits per heavy atom. The van der Waals surface area contributed by atoms with E-state index in [0.717, 1.165) is 30.5 Å². The number of hydrogen-bond acceptors (Lipinski definition) is 1. The van der Waals surface area contributed by atoms with Gasteiger partial charge in [0.15, 0.2) is 0 Å². The van der Waals surface area contributed by atoms with Crippen LogP contribution in [0.2, 0.25) is 0 Å². The summed E-state index contributed by atoms with van der Waals surface area (Å²) < 4.78 is 2.06. The smallest absolute Gasteiger partial charge is 0.254 e. The van der Waals surface area contributed by atoms with Crippen molar-refractivity contribution in [2.75, 3.05) is 6.54 Å². The number of amides is 1. The Morgan fingerprint density at radius 3 is 2.79 bits per heavy atom. The number of likely N-dealkylation sites (tertiary alicyclic amines) is 1. The molecular formula is C21H22N2O. The third-order valence-corrected chi connectivity index (χ3v) is 5.20. The van der Waals surface area contributed by atoms with Crippen molar-refractivity contribution in [2.45, 2.75) is 25.8 Å². The molecule has 1 atom stereocenters. The third-order valence-electron chi connectivity index (χ3n) is 5.20. The van der Waals surface area contributed by atoms with E-state index < -0.39 is 0 Å². The van der Waals surface area contributed by atoms with Crippen LogP contribution in [0.5, 0.6) is 0 Å². The first-order valence-corrected chi connectivity index (χ1v) is 8.57. The Morgan fingerprint density at radius 1 is 1.12 bits per heavy atom. The Kier molecular flexibility index (Phi) is 3.64. The second-order valence-corrected chi connectivity index (χ2v) is 6.71. The average molecular weight is 318 g/mol. The number of nitrogens with zero attached hydrogens (tertiary/aromatic N) is 2.